The first-order chi connectivity index (χ1) is 12.2. The van der Waals surface area contributed by atoms with Crippen LogP contribution in [0.4, 0.5) is 18.9 Å². The van der Waals surface area contributed by atoms with Gasteiger partial charge in [0.1, 0.15) is 5.69 Å². The van der Waals surface area contributed by atoms with Crippen LogP contribution in [0, 0.1) is 6.92 Å². The summed E-state index contributed by atoms with van der Waals surface area (Å²) in [6.45, 7) is 1.71. The summed E-state index contributed by atoms with van der Waals surface area (Å²) in [4.78, 5) is 3.63. The molecule has 0 saturated heterocycles. The smallest absolute Gasteiger partial charge is 0.279 e. The van der Waals surface area contributed by atoms with E-state index in [-0.39, 0.29) is 0 Å². The first-order valence-electron chi connectivity index (χ1n) is 7.37. The van der Waals surface area contributed by atoms with Gasteiger partial charge < -0.3 is 0 Å². The number of hydrogen-bond donors (Lipinski definition) is 1. The second-order valence-corrected chi connectivity index (χ2v) is 8.12. The van der Waals surface area contributed by atoms with Crippen molar-refractivity contribution in [3.63, 3.8) is 0 Å². The third-order valence-electron chi connectivity index (χ3n) is 3.62. The molecule has 1 aromatic carbocycles. The molecular weight excluding hydrogens is 385 g/mol. The zero-order valence-electron chi connectivity index (χ0n) is 13.4. The van der Waals surface area contributed by atoms with Gasteiger partial charge in [-0.25, -0.2) is 8.42 Å². The minimum atomic E-state index is -4.72. The van der Waals surface area contributed by atoms with Crippen molar-refractivity contribution in [1.82, 2.24) is 4.98 Å². The number of aryl methyl sites for hydroxylation is 1. The van der Waals surface area contributed by atoms with Crippen molar-refractivity contribution in [2.24, 2.45) is 0 Å². The van der Waals surface area contributed by atoms with E-state index in [4.69, 9.17) is 0 Å². The Labute approximate surface area is 152 Å². The number of thiophene rings is 1. The molecule has 0 aliphatic rings. The monoisotopic (exact) mass is 398 g/mol. The van der Waals surface area contributed by atoms with Gasteiger partial charge in [0, 0.05) is 11.1 Å². The number of anilines is 1. The number of halogens is 3. The molecule has 9 heteroatoms. The Morgan fingerprint density at radius 3 is 2.54 bits per heavy atom. The highest BCUT2D eigenvalue weighted by molar-refractivity contribution is 7.92. The summed E-state index contributed by atoms with van der Waals surface area (Å²) in [6.07, 6.45) is -3.90. The highest BCUT2D eigenvalue weighted by Crippen LogP contribution is 2.31. The second-order valence-electron chi connectivity index (χ2n) is 5.49. The first kappa shape index (κ1) is 18.4. The summed E-state index contributed by atoms with van der Waals surface area (Å²) in [5, 5.41) is 1.90. The van der Waals surface area contributed by atoms with Crippen LogP contribution >= 0.6 is 11.3 Å². The molecule has 0 fully saturated rings. The van der Waals surface area contributed by atoms with Crippen molar-refractivity contribution >= 4 is 27.0 Å². The molecule has 0 unspecified atom stereocenters. The van der Waals surface area contributed by atoms with Gasteiger partial charge in [-0.1, -0.05) is 18.2 Å². The van der Waals surface area contributed by atoms with Crippen LogP contribution in [0.15, 0.2) is 58.9 Å². The molecule has 0 radical (unpaired) electrons. The minimum absolute atomic E-state index is 0.307. The van der Waals surface area contributed by atoms with Crippen molar-refractivity contribution in [3.8, 4) is 10.4 Å². The van der Waals surface area contributed by atoms with Gasteiger partial charge in [-0.3, -0.25) is 9.71 Å². The fourth-order valence-electron chi connectivity index (χ4n) is 2.27. The SMILES string of the molecule is Cc1ccc(-c2cccs2)cc1NS(=O)(=O)c1ccnc(C(F)(F)F)c1. The van der Waals surface area contributed by atoms with E-state index in [0.29, 0.717) is 17.3 Å². The van der Waals surface area contributed by atoms with Gasteiger partial charge in [0.15, 0.2) is 0 Å². The number of benzene rings is 1. The van der Waals surface area contributed by atoms with Gasteiger partial charge >= 0.3 is 6.18 Å². The normalized spacial score (nSPS) is 12.2. The lowest BCUT2D eigenvalue weighted by Gasteiger charge is -2.13. The van der Waals surface area contributed by atoms with Gasteiger partial charge in [-0.05, 0) is 47.7 Å². The van der Waals surface area contributed by atoms with Gasteiger partial charge in [-0.2, -0.15) is 13.2 Å². The zero-order chi connectivity index (χ0) is 18.9. The van der Waals surface area contributed by atoms with Crippen LogP contribution in [-0.4, -0.2) is 13.4 Å². The third kappa shape index (κ3) is 3.88. The number of nitrogens with one attached hydrogen (secondary N) is 1. The van der Waals surface area contributed by atoms with Crippen LogP contribution in [0.2, 0.25) is 0 Å². The average molecular weight is 398 g/mol. The molecule has 0 aliphatic carbocycles. The molecule has 26 heavy (non-hydrogen) atoms. The van der Waals surface area contributed by atoms with Crippen LogP contribution in [0.25, 0.3) is 10.4 Å². The molecule has 3 rings (SSSR count). The predicted molar refractivity (Wildman–Crippen MR) is 94.5 cm³/mol. The Morgan fingerprint density at radius 2 is 1.88 bits per heavy atom. The number of hydrogen-bond acceptors (Lipinski definition) is 4. The molecule has 4 nitrogen and oxygen atoms in total. The Bertz CT molecular complexity index is 1030. The number of pyridine rings is 1. The minimum Gasteiger partial charge on any atom is -0.279 e. The van der Waals surface area contributed by atoms with Crippen molar-refractivity contribution in [1.29, 1.82) is 0 Å². The lowest BCUT2D eigenvalue weighted by atomic mass is 10.1. The standard InChI is InChI=1S/C17H13F3N2O2S2/c1-11-4-5-12(15-3-2-8-25-15)9-14(11)22-26(23,24)13-6-7-21-16(10-13)17(18,19)20/h2-10,22H,1H3. The van der Waals surface area contributed by atoms with E-state index in [0.717, 1.165) is 22.7 Å². The van der Waals surface area contributed by atoms with Crippen molar-refractivity contribution in [2.45, 2.75) is 18.0 Å². The topological polar surface area (TPSA) is 59.1 Å². The Hall–Kier alpha value is -2.39. The summed E-state index contributed by atoms with van der Waals surface area (Å²) in [5.74, 6) is 0. The number of rotatable bonds is 4. The van der Waals surface area contributed by atoms with E-state index >= 15 is 0 Å². The van der Waals surface area contributed by atoms with Crippen LogP contribution in [0.3, 0.4) is 0 Å². The van der Waals surface area contributed by atoms with Crippen molar-refractivity contribution in [3.05, 3.63) is 65.3 Å². The molecule has 2 aromatic heterocycles. The van der Waals surface area contributed by atoms with E-state index in [1.807, 2.05) is 23.6 Å². The molecule has 3 aromatic rings. The largest absolute Gasteiger partial charge is 0.433 e. The molecule has 0 bridgehead atoms. The van der Waals surface area contributed by atoms with Crippen LogP contribution in [-0.2, 0) is 16.2 Å². The second kappa shape index (κ2) is 6.73. The van der Waals surface area contributed by atoms with Gasteiger partial charge in [0.05, 0.1) is 10.6 Å². The van der Waals surface area contributed by atoms with Crippen LogP contribution in [0.5, 0.6) is 0 Å². The summed E-state index contributed by atoms with van der Waals surface area (Å²) >= 11 is 1.50. The lowest BCUT2D eigenvalue weighted by Crippen LogP contribution is -2.16. The number of nitrogens with zero attached hydrogens (tertiary/aromatic N) is 1. The molecule has 1 N–H and O–H groups in total. The lowest BCUT2D eigenvalue weighted by molar-refractivity contribution is -0.141. The maximum absolute atomic E-state index is 12.8. The summed E-state index contributed by atoms with van der Waals surface area (Å²) < 4.78 is 65.8. The highest BCUT2D eigenvalue weighted by Gasteiger charge is 2.33. The van der Waals surface area contributed by atoms with E-state index < -0.39 is 26.8 Å². The molecule has 0 aliphatic heterocycles. The molecule has 136 valence electrons. The molecule has 0 saturated carbocycles. The summed E-state index contributed by atoms with van der Waals surface area (Å²) in [6, 6.07) is 10.6. The van der Waals surface area contributed by atoms with Crippen molar-refractivity contribution < 1.29 is 21.6 Å². The maximum Gasteiger partial charge on any atom is 0.433 e. The fourth-order valence-corrected chi connectivity index (χ4v) is 4.12. The van der Waals surface area contributed by atoms with Gasteiger partial charge in [0.25, 0.3) is 10.0 Å². The van der Waals surface area contributed by atoms with E-state index in [9.17, 15) is 21.6 Å². The van der Waals surface area contributed by atoms with E-state index in [2.05, 4.69) is 9.71 Å². The van der Waals surface area contributed by atoms with E-state index in [1.54, 1.807) is 19.1 Å². The molecule has 0 spiro atoms. The zero-order valence-corrected chi connectivity index (χ0v) is 15.0. The number of aromatic nitrogens is 1. The molecule has 0 atom stereocenters. The predicted octanol–water partition coefficient (Wildman–Crippen LogP) is 4.94. The Balaban J connectivity index is 1.97. The highest BCUT2D eigenvalue weighted by atomic mass is 32.2. The van der Waals surface area contributed by atoms with Crippen molar-refractivity contribution in [2.75, 3.05) is 4.72 Å². The number of sulfonamides is 1. The Kier molecular flexibility index (Phi) is 4.76. The summed E-state index contributed by atoms with van der Waals surface area (Å²) in [5.41, 5.74) is 0.513. The Morgan fingerprint density at radius 1 is 1.12 bits per heavy atom. The summed E-state index contributed by atoms with van der Waals surface area (Å²) in [7, 11) is -4.19. The van der Waals surface area contributed by atoms with Gasteiger partial charge in [0.2, 0.25) is 0 Å². The van der Waals surface area contributed by atoms with Gasteiger partial charge in [-0.15, -0.1) is 11.3 Å². The average Bonchev–Trinajstić information content (AvgIpc) is 3.10. The maximum atomic E-state index is 12.8. The third-order valence-corrected chi connectivity index (χ3v) is 5.90. The quantitative estimate of drug-likeness (QED) is 0.677. The first-order valence-corrected chi connectivity index (χ1v) is 9.74. The fraction of sp³-hybridized carbons (Fsp3) is 0.118. The number of alkyl halides is 3. The van der Waals surface area contributed by atoms with Crippen LogP contribution < -0.4 is 4.72 Å². The van der Waals surface area contributed by atoms with E-state index in [1.165, 1.54) is 11.3 Å². The molecular formula is C17H13F3N2O2S2. The molecule has 0 amide bonds. The molecule has 2 heterocycles. The van der Waals surface area contributed by atoms with Crippen LogP contribution in [0.1, 0.15) is 11.3 Å².